The van der Waals surface area contributed by atoms with Crippen LogP contribution in [0.3, 0.4) is 0 Å². The number of amides is 1. The van der Waals surface area contributed by atoms with Crippen LogP contribution in [-0.4, -0.2) is 18.0 Å². The zero-order valence-electron chi connectivity index (χ0n) is 8.25. The molecule has 1 amide bonds. The standard InChI is InChI=1S/C10H13ClN2O/c1-7-3-4-9(11)5-8(7)6-10(14)13(2)12/h3-5H,6,12H2,1-2H3. The number of hydrazine groups is 1. The van der Waals surface area contributed by atoms with Gasteiger partial charge in [0.25, 0.3) is 0 Å². The van der Waals surface area contributed by atoms with Gasteiger partial charge in [0.05, 0.1) is 6.42 Å². The quantitative estimate of drug-likeness (QED) is 0.459. The van der Waals surface area contributed by atoms with Crippen LogP contribution in [0.1, 0.15) is 11.1 Å². The Labute approximate surface area is 88.4 Å². The zero-order valence-corrected chi connectivity index (χ0v) is 9.01. The molecule has 76 valence electrons. The molecule has 3 nitrogen and oxygen atoms in total. The lowest BCUT2D eigenvalue weighted by Gasteiger charge is -2.11. The van der Waals surface area contributed by atoms with E-state index in [0.717, 1.165) is 16.1 Å². The number of carbonyl (C=O) groups excluding carboxylic acids is 1. The van der Waals surface area contributed by atoms with Crippen molar-refractivity contribution >= 4 is 17.5 Å². The molecule has 1 aromatic rings. The van der Waals surface area contributed by atoms with Gasteiger partial charge in [0.15, 0.2) is 0 Å². The Morgan fingerprint density at radius 2 is 2.21 bits per heavy atom. The minimum atomic E-state index is -0.129. The molecule has 0 aliphatic heterocycles. The fourth-order valence-electron chi connectivity index (χ4n) is 1.12. The predicted molar refractivity (Wildman–Crippen MR) is 56.9 cm³/mol. The molecule has 0 saturated heterocycles. The first kappa shape index (κ1) is 11.0. The second-order valence-electron chi connectivity index (χ2n) is 3.25. The topological polar surface area (TPSA) is 46.3 Å². The van der Waals surface area contributed by atoms with Crippen LogP contribution >= 0.6 is 11.6 Å². The second-order valence-corrected chi connectivity index (χ2v) is 3.69. The van der Waals surface area contributed by atoms with Crippen molar-refractivity contribution in [1.82, 2.24) is 5.01 Å². The molecule has 0 unspecified atom stereocenters. The molecule has 0 saturated carbocycles. The minimum absolute atomic E-state index is 0.129. The van der Waals surface area contributed by atoms with E-state index < -0.39 is 0 Å². The number of nitrogens with two attached hydrogens (primary N) is 1. The highest BCUT2D eigenvalue weighted by Gasteiger charge is 2.08. The summed E-state index contributed by atoms with van der Waals surface area (Å²) >= 11 is 5.82. The number of aryl methyl sites for hydroxylation is 1. The van der Waals surface area contributed by atoms with Gasteiger partial charge in [-0.05, 0) is 30.2 Å². The van der Waals surface area contributed by atoms with Crippen molar-refractivity contribution in [3.8, 4) is 0 Å². The molecule has 0 aromatic heterocycles. The molecule has 0 aliphatic rings. The molecule has 0 fully saturated rings. The summed E-state index contributed by atoms with van der Waals surface area (Å²) in [6.45, 7) is 1.94. The third-order valence-corrected chi connectivity index (χ3v) is 2.28. The van der Waals surface area contributed by atoms with E-state index in [0.29, 0.717) is 11.4 Å². The molecule has 0 bridgehead atoms. The Kier molecular flexibility index (Phi) is 3.49. The number of rotatable bonds is 2. The highest BCUT2D eigenvalue weighted by molar-refractivity contribution is 6.30. The average molecular weight is 213 g/mol. The van der Waals surface area contributed by atoms with Crippen LogP contribution in [0, 0.1) is 6.92 Å². The fourth-order valence-corrected chi connectivity index (χ4v) is 1.31. The minimum Gasteiger partial charge on any atom is -0.284 e. The molecule has 1 rings (SSSR count). The maximum atomic E-state index is 11.3. The summed E-state index contributed by atoms with van der Waals surface area (Å²) in [6.07, 6.45) is 0.291. The van der Waals surface area contributed by atoms with E-state index in [4.69, 9.17) is 17.4 Å². The van der Waals surface area contributed by atoms with Gasteiger partial charge in [-0.25, -0.2) is 5.84 Å². The Morgan fingerprint density at radius 3 is 2.79 bits per heavy atom. The monoisotopic (exact) mass is 212 g/mol. The summed E-state index contributed by atoms with van der Waals surface area (Å²) in [4.78, 5) is 11.3. The number of hydrogen-bond acceptors (Lipinski definition) is 2. The summed E-state index contributed by atoms with van der Waals surface area (Å²) in [5.74, 6) is 5.19. The van der Waals surface area contributed by atoms with Crippen molar-refractivity contribution in [2.24, 2.45) is 5.84 Å². The highest BCUT2D eigenvalue weighted by Crippen LogP contribution is 2.16. The molecule has 2 N–H and O–H groups in total. The third kappa shape index (κ3) is 2.72. The van der Waals surface area contributed by atoms with Gasteiger partial charge in [-0.15, -0.1) is 0 Å². The van der Waals surface area contributed by atoms with Gasteiger partial charge in [0.1, 0.15) is 0 Å². The summed E-state index contributed by atoms with van der Waals surface area (Å²) in [5, 5.41) is 1.72. The van der Waals surface area contributed by atoms with Crippen molar-refractivity contribution in [2.75, 3.05) is 7.05 Å². The second kappa shape index (κ2) is 4.44. The number of hydrogen-bond donors (Lipinski definition) is 1. The predicted octanol–water partition coefficient (Wildman–Crippen LogP) is 1.52. The molecule has 0 spiro atoms. The molecular formula is C10H13ClN2O. The molecule has 1 aromatic carbocycles. The van der Waals surface area contributed by atoms with Crippen LogP contribution in [0.4, 0.5) is 0 Å². The number of halogens is 1. The Bertz CT molecular complexity index is 350. The van der Waals surface area contributed by atoms with Gasteiger partial charge in [-0.3, -0.25) is 9.80 Å². The van der Waals surface area contributed by atoms with Crippen molar-refractivity contribution < 1.29 is 4.79 Å². The van der Waals surface area contributed by atoms with E-state index in [1.807, 2.05) is 13.0 Å². The van der Waals surface area contributed by atoms with Gasteiger partial charge in [-0.1, -0.05) is 17.7 Å². The van der Waals surface area contributed by atoms with E-state index >= 15 is 0 Å². The average Bonchev–Trinajstić information content (AvgIpc) is 2.11. The molecule has 0 aliphatic carbocycles. The highest BCUT2D eigenvalue weighted by atomic mass is 35.5. The molecule has 4 heteroatoms. The maximum Gasteiger partial charge on any atom is 0.240 e. The summed E-state index contributed by atoms with van der Waals surface area (Å²) in [6, 6.07) is 5.48. The molecule has 0 radical (unpaired) electrons. The van der Waals surface area contributed by atoms with Crippen molar-refractivity contribution in [3.05, 3.63) is 34.3 Å². The van der Waals surface area contributed by atoms with Gasteiger partial charge < -0.3 is 0 Å². The molecule has 14 heavy (non-hydrogen) atoms. The van der Waals surface area contributed by atoms with Gasteiger partial charge in [-0.2, -0.15) is 0 Å². The summed E-state index contributed by atoms with van der Waals surface area (Å²) in [7, 11) is 1.53. The largest absolute Gasteiger partial charge is 0.284 e. The maximum absolute atomic E-state index is 11.3. The third-order valence-electron chi connectivity index (χ3n) is 2.05. The van der Waals surface area contributed by atoms with E-state index in [1.54, 1.807) is 12.1 Å². The Hall–Kier alpha value is -1.06. The summed E-state index contributed by atoms with van der Waals surface area (Å²) < 4.78 is 0. The molecule has 0 heterocycles. The van der Waals surface area contributed by atoms with Crippen LogP contribution in [0.5, 0.6) is 0 Å². The van der Waals surface area contributed by atoms with E-state index in [2.05, 4.69) is 0 Å². The van der Waals surface area contributed by atoms with Crippen LogP contribution in [-0.2, 0) is 11.2 Å². The normalized spacial score (nSPS) is 10.0. The number of benzene rings is 1. The first-order valence-electron chi connectivity index (χ1n) is 4.27. The first-order valence-corrected chi connectivity index (χ1v) is 4.65. The number of nitrogens with zero attached hydrogens (tertiary/aromatic N) is 1. The first-order chi connectivity index (χ1) is 6.50. The van der Waals surface area contributed by atoms with Crippen LogP contribution in [0.15, 0.2) is 18.2 Å². The molecular weight excluding hydrogens is 200 g/mol. The van der Waals surface area contributed by atoms with E-state index in [-0.39, 0.29) is 5.91 Å². The van der Waals surface area contributed by atoms with Gasteiger partial charge in [0.2, 0.25) is 5.91 Å². The van der Waals surface area contributed by atoms with Crippen LogP contribution in [0.2, 0.25) is 5.02 Å². The Morgan fingerprint density at radius 1 is 1.57 bits per heavy atom. The van der Waals surface area contributed by atoms with Gasteiger partial charge >= 0.3 is 0 Å². The lowest BCUT2D eigenvalue weighted by molar-refractivity contribution is -0.129. The van der Waals surface area contributed by atoms with E-state index in [9.17, 15) is 4.79 Å². The fraction of sp³-hybridized carbons (Fsp3) is 0.300. The van der Waals surface area contributed by atoms with Crippen molar-refractivity contribution in [3.63, 3.8) is 0 Å². The number of carbonyl (C=O) groups is 1. The van der Waals surface area contributed by atoms with Crippen molar-refractivity contribution in [1.29, 1.82) is 0 Å². The lowest BCUT2D eigenvalue weighted by atomic mass is 10.1. The van der Waals surface area contributed by atoms with Gasteiger partial charge in [0, 0.05) is 12.1 Å². The van der Waals surface area contributed by atoms with Crippen LogP contribution < -0.4 is 5.84 Å². The van der Waals surface area contributed by atoms with Crippen molar-refractivity contribution in [2.45, 2.75) is 13.3 Å². The zero-order chi connectivity index (χ0) is 10.7. The lowest BCUT2D eigenvalue weighted by Crippen LogP contribution is -2.34. The SMILES string of the molecule is Cc1ccc(Cl)cc1CC(=O)N(C)N. The smallest absolute Gasteiger partial charge is 0.240 e. The summed E-state index contributed by atoms with van der Waals surface area (Å²) in [5.41, 5.74) is 1.96. The van der Waals surface area contributed by atoms with E-state index in [1.165, 1.54) is 7.05 Å². The van der Waals surface area contributed by atoms with Crippen LogP contribution in [0.25, 0.3) is 0 Å². The number of likely N-dealkylation sites (N-methyl/N-ethyl adjacent to an activating group) is 1. The Balaban J connectivity index is 2.86. The molecule has 0 atom stereocenters.